The second-order valence-electron chi connectivity index (χ2n) is 3.23. The molecular weight excluding hydrogens is 228 g/mol. The average Bonchev–Trinajstić information content (AvgIpc) is 2.81. The number of hydrogen-bond donors (Lipinski definition) is 2. The van der Waals surface area contributed by atoms with E-state index in [-0.39, 0.29) is 0 Å². The van der Waals surface area contributed by atoms with Crippen LogP contribution in [0.1, 0.15) is 17.4 Å². The summed E-state index contributed by atoms with van der Waals surface area (Å²) in [5.41, 5.74) is 6.80. The summed E-state index contributed by atoms with van der Waals surface area (Å²) in [7, 11) is 1.58. The fourth-order valence-electron chi connectivity index (χ4n) is 1.46. The van der Waals surface area contributed by atoms with Gasteiger partial charge in [0.2, 0.25) is 0 Å². The molecule has 1 unspecified atom stereocenters. The monoisotopic (exact) mass is 238 g/mol. The molecule has 0 saturated heterocycles. The topological polar surface area (TPSA) is 76.8 Å². The number of H-pyrrole nitrogens is 1. The van der Waals surface area contributed by atoms with Crippen molar-refractivity contribution in [3.05, 3.63) is 40.9 Å². The summed E-state index contributed by atoms with van der Waals surface area (Å²) < 4.78 is 5.22. The molecule has 0 spiro atoms. The first-order chi connectivity index (χ1) is 7.72. The van der Waals surface area contributed by atoms with E-state index in [1.54, 1.807) is 25.3 Å². The number of aromatic amines is 1. The van der Waals surface area contributed by atoms with Crippen molar-refractivity contribution in [2.75, 3.05) is 7.11 Å². The second-order valence-corrected chi connectivity index (χ2v) is 3.67. The molecule has 0 bridgehead atoms. The van der Waals surface area contributed by atoms with Crippen molar-refractivity contribution in [1.29, 1.82) is 0 Å². The molecule has 84 valence electrons. The van der Waals surface area contributed by atoms with Gasteiger partial charge in [-0.25, -0.2) is 4.98 Å². The van der Waals surface area contributed by atoms with Crippen LogP contribution in [0.15, 0.2) is 24.5 Å². The van der Waals surface area contributed by atoms with Gasteiger partial charge in [-0.15, -0.1) is 0 Å². The van der Waals surface area contributed by atoms with Crippen LogP contribution < -0.4 is 10.5 Å². The molecule has 2 rings (SSSR count). The molecule has 3 N–H and O–H groups in total. The lowest BCUT2D eigenvalue weighted by atomic mass is 10.1. The molecule has 0 aliphatic rings. The number of ether oxygens (including phenoxy) is 1. The highest BCUT2D eigenvalue weighted by molar-refractivity contribution is 6.30. The molecule has 0 radical (unpaired) electrons. The van der Waals surface area contributed by atoms with Gasteiger partial charge in [0.1, 0.15) is 17.9 Å². The minimum Gasteiger partial charge on any atom is -0.496 e. The second kappa shape index (κ2) is 4.51. The number of nitrogens with zero attached hydrogens (tertiary/aromatic N) is 2. The van der Waals surface area contributed by atoms with Crippen LogP contribution in [-0.4, -0.2) is 22.3 Å². The third-order valence-electron chi connectivity index (χ3n) is 2.26. The zero-order chi connectivity index (χ0) is 11.5. The Morgan fingerprint density at radius 2 is 2.31 bits per heavy atom. The third kappa shape index (κ3) is 2.00. The zero-order valence-corrected chi connectivity index (χ0v) is 9.40. The van der Waals surface area contributed by atoms with Crippen molar-refractivity contribution in [3.63, 3.8) is 0 Å². The van der Waals surface area contributed by atoms with Crippen LogP contribution in [0.3, 0.4) is 0 Å². The number of nitrogens with two attached hydrogens (primary N) is 1. The fraction of sp³-hybridized carbons (Fsp3) is 0.200. The maximum absolute atomic E-state index is 6.03. The molecule has 6 heteroatoms. The molecule has 1 heterocycles. The molecule has 0 aliphatic carbocycles. The molecule has 0 saturated carbocycles. The van der Waals surface area contributed by atoms with Gasteiger partial charge in [0.15, 0.2) is 0 Å². The Labute approximate surface area is 97.6 Å². The smallest absolute Gasteiger partial charge is 0.145 e. The van der Waals surface area contributed by atoms with Crippen LogP contribution in [0, 0.1) is 0 Å². The molecule has 2 aromatic rings. The number of hydrogen-bond acceptors (Lipinski definition) is 4. The maximum atomic E-state index is 6.03. The Kier molecular flexibility index (Phi) is 3.07. The highest BCUT2D eigenvalue weighted by Gasteiger charge is 2.16. The number of rotatable bonds is 3. The van der Waals surface area contributed by atoms with Gasteiger partial charge in [0.05, 0.1) is 13.2 Å². The van der Waals surface area contributed by atoms with E-state index in [0.717, 1.165) is 5.56 Å². The minimum atomic E-state index is -0.434. The predicted octanol–water partition coefficient (Wildman–Crippen LogP) is 1.51. The van der Waals surface area contributed by atoms with Crippen molar-refractivity contribution in [1.82, 2.24) is 15.2 Å². The maximum Gasteiger partial charge on any atom is 0.145 e. The largest absolute Gasteiger partial charge is 0.496 e. The first-order valence-corrected chi connectivity index (χ1v) is 5.04. The lowest BCUT2D eigenvalue weighted by molar-refractivity contribution is 0.407. The first kappa shape index (κ1) is 10.9. The van der Waals surface area contributed by atoms with Gasteiger partial charge in [-0.1, -0.05) is 11.6 Å². The molecule has 5 nitrogen and oxygen atoms in total. The van der Waals surface area contributed by atoms with Crippen molar-refractivity contribution < 1.29 is 4.74 Å². The molecule has 0 amide bonds. The minimum absolute atomic E-state index is 0.434. The Morgan fingerprint density at radius 1 is 1.50 bits per heavy atom. The Hall–Kier alpha value is -1.59. The summed E-state index contributed by atoms with van der Waals surface area (Å²) in [5, 5.41) is 7.08. The van der Waals surface area contributed by atoms with Gasteiger partial charge in [0, 0.05) is 10.6 Å². The lowest BCUT2D eigenvalue weighted by Crippen LogP contribution is -2.14. The Balaban J connectivity index is 2.42. The molecule has 0 fully saturated rings. The van der Waals surface area contributed by atoms with Crippen molar-refractivity contribution in [2.45, 2.75) is 6.04 Å². The number of nitrogens with one attached hydrogen (secondary N) is 1. The van der Waals surface area contributed by atoms with E-state index >= 15 is 0 Å². The van der Waals surface area contributed by atoms with Crippen LogP contribution in [0.5, 0.6) is 5.75 Å². The Morgan fingerprint density at radius 3 is 2.94 bits per heavy atom. The molecule has 1 aromatic heterocycles. The first-order valence-electron chi connectivity index (χ1n) is 4.66. The van der Waals surface area contributed by atoms with Crippen LogP contribution >= 0.6 is 11.6 Å². The van der Waals surface area contributed by atoms with Crippen molar-refractivity contribution >= 4 is 11.6 Å². The van der Waals surface area contributed by atoms with Gasteiger partial charge in [0.25, 0.3) is 0 Å². The number of benzene rings is 1. The fourth-order valence-corrected chi connectivity index (χ4v) is 1.64. The molecular formula is C10H11ClN4O. The summed E-state index contributed by atoms with van der Waals surface area (Å²) >= 11 is 5.92. The normalized spacial score (nSPS) is 12.4. The van der Waals surface area contributed by atoms with Crippen molar-refractivity contribution in [2.24, 2.45) is 5.73 Å². The van der Waals surface area contributed by atoms with E-state index in [1.807, 2.05) is 0 Å². The number of halogens is 1. The van der Waals surface area contributed by atoms with Gasteiger partial charge in [-0.2, -0.15) is 5.10 Å². The quantitative estimate of drug-likeness (QED) is 0.850. The van der Waals surface area contributed by atoms with Crippen LogP contribution in [0.2, 0.25) is 5.02 Å². The summed E-state index contributed by atoms with van der Waals surface area (Å²) in [4.78, 5) is 4.01. The standard InChI is InChI=1S/C10H11ClN4O/c1-16-8-3-2-6(11)4-7(8)9(12)10-13-5-14-15-10/h2-5,9H,12H2,1H3,(H,13,14,15). The SMILES string of the molecule is COc1ccc(Cl)cc1C(N)c1ncn[nH]1. The summed E-state index contributed by atoms with van der Waals surface area (Å²) in [6.07, 6.45) is 1.41. The van der Waals surface area contributed by atoms with Crippen molar-refractivity contribution in [3.8, 4) is 5.75 Å². The summed E-state index contributed by atoms with van der Waals surface area (Å²) in [6, 6.07) is 4.84. The average molecular weight is 239 g/mol. The highest BCUT2D eigenvalue weighted by atomic mass is 35.5. The van der Waals surface area contributed by atoms with Gasteiger partial charge in [-0.3, -0.25) is 5.10 Å². The number of methoxy groups -OCH3 is 1. The zero-order valence-electron chi connectivity index (χ0n) is 8.64. The van der Waals surface area contributed by atoms with E-state index < -0.39 is 6.04 Å². The summed E-state index contributed by atoms with van der Waals surface area (Å²) in [5.74, 6) is 1.24. The van der Waals surface area contributed by atoms with E-state index in [2.05, 4.69) is 15.2 Å². The highest BCUT2D eigenvalue weighted by Crippen LogP contribution is 2.29. The van der Waals surface area contributed by atoms with E-state index in [1.165, 1.54) is 6.33 Å². The van der Waals surface area contributed by atoms with Crippen LogP contribution in [0.25, 0.3) is 0 Å². The third-order valence-corrected chi connectivity index (χ3v) is 2.49. The van der Waals surface area contributed by atoms with Gasteiger partial charge >= 0.3 is 0 Å². The van der Waals surface area contributed by atoms with Gasteiger partial charge < -0.3 is 10.5 Å². The summed E-state index contributed by atoms with van der Waals surface area (Å²) in [6.45, 7) is 0. The van der Waals surface area contributed by atoms with Crippen LogP contribution in [-0.2, 0) is 0 Å². The molecule has 0 aliphatic heterocycles. The van der Waals surface area contributed by atoms with E-state index in [0.29, 0.717) is 16.6 Å². The van der Waals surface area contributed by atoms with Gasteiger partial charge in [-0.05, 0) is 18.2 Å². The molecule has 16 heavy (non-hydrogen) atoms. The van der Waals surface area contributed by atoms with E-state index in [9.17, 15) is 0 Å². The Bertz CT molecular complexity index is 472. The molecule has 1 atom stereocenters. The number of aromatic nitrogens is 3. The molecule has 1 aromatic carbocycles. The predicted molar refractivity (Wildman–Crippen MR) is 60.4 cm³/mol. The lowest BCUT2D eigenvalue weighted by Gasteiger charge is -2.13. The van der Waals surface area contributed by atoms with E-state index in [4.69, 9.17) is 22.1 Å². The van der Waals surface area contributed by atoms with Crippen LogP contribution in [0.4, 0.5) is 0 Å².